The Morgan fingerprint density at radius 3 is 2.08 bits per heavy atom. The third kappa shape index (κ3) is 2.25. The molecule has 0 radical (unpaired) electrons. The Balaban J connectivity index is 2.42. The van der Waals surface area contributed by atoms with Crippen molar-refractivity contribution in [2.45, 2.75) is 39.2 Å². The Kier molecular flexibility index (Phi) is 2.80. The summed E-state index contributed by atoms with van der Waals surface area (Å²) < 4.78 is 0. The summed E-state index contributed by atoms with van der Waals surface area (Å²) in [6, 6.07) is 0. The Hall–Kier alpha value is -0.480. The van der Waals surface area contributed by atoms with Crippen LogP contribution in [0.25, 0.3) is 0 Å². The van der Waals surface area contributed by atoms with E-state index in [1.165, 1.54) is 25.9 Å². The van der Waals surface area contributed by atoms with Crippen molar-refractivity contribution in [3.63, 3.8) is 0 Å². The number of nitrogens with zero attached hydrogens (tertiary/aromatic N) is 1. The van der Waals surface area contributed by atoms with Gasteiger partial charge in [0.25, 0.3) is 0 Å². The van der Waals surface area contributed by atoms with Crippen LogP contribution in [0.3, 0.4) is 0 Å². The van der Waals surface area contributed by atoms with Crippen LogP contribution >= 0.6 is 0 Å². The largest absolute Gasteiger partial charge is 0.298 e. The summed E-state index contributed by atoms with van der Waals surface area (Å²) in [5.41, 5.74) is 0.319. The minimum atomic E-state index is 0.319. The van der Waals surface area contributed by atoms with Crippen LogP contribution in [-0.4, -0.2) is 23.5 Å². The van der Waals surface area contributed by atoms with Crippen LogP contribution in [0.15, 0.2) is 0 Å². The lowest BCUT2D eigenvalue weighted by molar-refractivity contribution is 0.0987. The van der Waals surface area contributed by atoms with Crippen molar-refractivity contribution in [1.29, 1.82) is 0 Å². The summed E-state index contributed by atoms with van der Waals surface area (Å²) >= 11 is 0. The smallest absolute Gasteiger partial charge is 0.0224 e. The predicted octanol–water partition coefficient (Wildman–Crippen LogP) is 2.13. The van der Waals surface area contributed by atoms with E-state index in [1.54, 1.807) is 0 Å². The average molecular weight is 165 g/mol. The van der Waals surface area contributed by atoms with Gasteiger partial charge < -0.3 is 0 Å². The molecule has 0 aromatic heterocycles. The van der Waals surface area contributed by atoms with Crippen LogP contribution in [0.1, 0.15) is 33.6 Å². The zero-order valence-corrected chi connectivity index (χ0v) is 8.43. The molecule has 1 aliphatic rings. The Labute approximate surface area is 76.1 Å². The van der Waals surface area contributed by atoms with Gasteiger partial charge >= 0.3 is 0 Å². The first-order chi connectivity index (χ1) is 5.54. The summed E-state index contributed by atoms with van der Waals surface area (Å²) in [6.45, 7) is 9.13. The molecule has 0 aromatic carbocycles. The van der Waals surface area contributed by atoms with Crippen molar-refractivity contribution >= 4 is 0 Å². The molecule has 1 heteroatoms. The molecule has 0 atom stereocenters. The minimum Gasteiger partial charge on any atom is -0.298 e. The predicted molar refractivity (Wildman–Crippen MR) is 52.9 cm³/mol. The van der Waals surface area contributed by atoms with Gasteiger partial charge in [0.05, 0.1) is 0 Å². The van der Waals surface area contributed by atoms with Crippen LogP contribution in [0, 0.1) is 18.3 Å². The molecule has 1 nitrogen and oxygen atoms in total. The molecular weight excluding hydrogens is 146 g/mol. The second-order valence-corrected chi connectivity index (χ2v) is 4.60. The average Bonchev–Trinajstić information content (AvgIpc) is 2.03. The number of likely N-dealkylation sites (tertiary alicyclic amines) is 1. The third-order valence-corrected chi connectivity index (χ3v) is 2.68. The number of hydrogen-bond donors (Lipinski definition) is 0. The monoisotopic (exact) mass is 165 g/mol. The van der Waals surface area contributed by atoms with Gasteiger partial charge in [-0.3, -0.25) is 4.90 Å². The highest BCUT2D eigenvalue weighted by atomic mass is 15.2. The molecule has 1 saturated heterocycles. The van der Waals surface area contributed by atoms with Crippen molar-refractivity contribution < 1.29 is 0 Å². The standard InChI is InChI=1S/C11H19N/c1-5-10-6-8-12(9-7-10)11(2,3)4/h1,10H,6-9H2,2-4H3. The SMILES string of the molecule is C#CC1CCN(C(C)(C)C)CC1. The fourth-order valence-corrected chi connectivity index (χ4v) is 1.72. The lowest BCUT2D eigenvalue weighted by Crippen LogP contribution is -2.45. The van der Waals surface area contributed by atoms with Gasteiger partial charge in [-0.05, 0) is 46.7 Å². The molecule has 1 rings (SSSR count). The lowest BCUT2D eigenvalue weighted by atomic mass is 9.94. The van der Waals surface area contributed by atoms with E-state index in [4.69, 9.17) is 6.42 Å². The van der Waals surface area contributed by atoms with E-state index in [1.807, 2.05) is 0 Å². The van der Waals surface area contributed by atoms with Gasteiger partial charge in [-0.1, -0.05) is 0 Å². The van der Waals surface area contributed by atoms with Crippen LogP contribution in [-0.2, 0) is 0 Å². The number of hydrogen-bond acceptors (Lipinski definition) is 1. The van der Waals surface area contributed by atoms with Gasteiger partial charge in [-0.25, -0.2) is 0 Å². The molecule has 68 valence electrons. The fraction of sp³-hybridized carbons (Fsp3) is 0.818. The number of rotatable bonds is 0. The molecule has 12 heavy (non-hydrogen) atoms. The lowest BCUT2D eigenvalue weighted by Gasteiger charge is -2.39. The molecule has 1 aliphatic heterocycles. The van der Waals surface area contributed by atoms with E-state index in [9.17, 15) is 0 Å². The molecule has 0 aromatic rings. The summed E-state index contributed by atoms with van der Waals surface area (Å²) in [5.74, 6) is 3.38. The Bertz CT molecular complexity index is 174. The van der Waals surface area contributed by atoms with Crippen molar-refractivity contribution in [1.82, 2.24) is 4.90 Å². The zero-order valence-electron chi connectivity index (χ0n) is 8.43. The van der Waals surface area contributed by atoms with E-state index in [2.05, 4.69) is 31.6 Å². The molecule has 0 unspecified atom stereocenters. The van der Waals surface area contributed by atoms with Gasteiger partial charge in [0.2, 0.25) is 0 Å². The van der Waals surface area contributed by atoms with Crippen molar-refractivity contribution in [3.05, 3.63) is 0 Å². The maximum Gasteiger partial charge on any atom is 0.0224 e. The topological polar surface area (TPSA) is 3.24 Å². The number of terminal acetylenes is 1. The highest BCUT2D eigenvalue weighted by molar-refractivity contribution is 4.96. The zero-order chi connectivity index (χ0) is 9.19. The van der Waals surface area contributed by atoms with Crippen LogP contribution < -0.4 is 0 Å². The first kappa shape index (κ1) is 9.61. The van der Waals surface area contributed by atoms with Crippen molar-refractivity contribution in [3.8, 4) is 12.3 Å². The second-order valence-electron chi connectivity index (χ2n) is 4.60. The van der Waals surface area contributed by atoms with Gasteiger partial charge in [0.1, 0.15) is 0 Å². The summed E-state index contributed by atoms with van der Waals surface area (Å²) in [6.07, 6.45) is 7.74. The molecule has 0 bridgehead atoms. The van der Waals surface area contributed by atoms with Crippen LogP contribution in [0.4, 0.5) is 0 Å². The Morgan fingerprint density at radius 1 is 1.25 bits per heavy atom. The maximum absolute atomic E-state index is 5.39. The highest BCUT2D eigenvalue weighted by Gasteiger charge is 2.25. The van der Waals surface area contributed by atoms with E-state index >= 15 is 0 Å². The van der Waals surface area contributed by atoms with Crippen molar-refractivity contribution in [2.75, 3.05) is 13.1 Å². The van der Waals surface area contributed by atoms with Gasteiger partial charge in [-0.15, -0.1) is 12.3 Å². The van der Waals surface area contributed by atoms with E-state index in [0.717, 1.165) is 0 Å². The van der Waals surface area contributed by atoms with Gasteiger partial charge in [0.15, 0.2) is 0 Å². The molecule has 1 fully saturated rings. The quantitative estimate of drug-likeness (QED) is 0.497. The molecule has 0 spiro atoms. The summed E-state index contributed by atoms with van der Waals surface area (Å²) in [4.78, 5) is 2.51. The number of piperidine rings is 1. The first-order valence-corrected chi connectivity index (χ1v) is 4.75. The normalized spacial score (nSPS) is 22.2. The molecule has 0 aliphatic carbocycles. The summed E-state index contributed by atoms with van der Waals surface area (Å²) in [5, 5.41) is 0. The molecular formula is C11H19N. The molecule has 0 N–H and O–H groups in total. The van der Waals surface area contributed by atoms with Crippen LogP contribution in [0.5, 0.6) is 0 Å². The minimum absolute atomic E-state index is 0.319. The first-order valence-electron chi connectivity index (χ1n) is 4.75. The van der Waals surface area contributed by atoms with E-state index in [-0.39, 0.29) is 0 Å². The van der Waals surface area contributed by atoms with E-state index in [0.29, 0.717) is 11.5 Å². The highest BCUT2D eigenvalue weighted by Crippen LogP contribution is 2.22. The molecule has 0 amide bonds. The van der Waals surface area contributed by atoms with Crippen LogP contribution in [0.2, 0.25) is 0 Å². The fourth-order valence-electron chi connectivity index (χ4n) is 1.72. The Morgan fingerprint density at radius 2 is 1.75 bits per heavy atom. The maximum atomic E-state index is 5.39. The molecule has 0 saturated carbocycles. The summed E-state index contributed by atoms with van der Waals surface area (Å²) in [7, 11) is 0. The van der Waals surface area contributed by atoms with E-state index < -0.39 is 0 Å². The van der Waals surface area contributed by atoms with Crippen molar-refractivity contribution in [2.24, 2.45) is 5.92 Å². The third-order valence-electron chi connectivity index (χ3n) is 2.68. The molecule has 1 heterocycles. The van der Waals surface area contributed by atoms with Gasteiger partial charge in [-0.2, -0.15) is 0 Å². The second kappa shape index (κ2) is 3.49. The van der Waals surface area contributed by atoms with Gasteiger partial charge in [0, 0.05) is 11.5 Å².